The summed E-state index contributed by atoms with van der Waals surface area (Å²) in [6, 6.07) is 14.2. The minimum absolute atomic E-state index is 0. The summed E-state index contributed by atoms with van der Waals surface area (Å²) < 4.78 is 34.5. The first kappa shape index (κ1) is 16.9. The van der Waals surface area contributed by atoms with Crippen molar-refractivity contribution in [3.63, 3.8) is 0 Å². The van der Waals surface area contributed by atoms with E-state index in [1.165, 1.54) is 18.2 Å². The number of carbonyl (C=O) groups is 1. The topological polar surface area (TPSA) is 80.7 Å². The van der Waals surface area contributed by atoms with Crippen LogP contribution in [0.15, 0.2) is 54.6 Å². The molecule has 0 aromatic heterocycles. The zero-order chi connectivity index (χ0) is 13.9. The van der Waals surface area contributed by atoms with Crippen molar-refractivity contribution in [3.05, 3.63) is 65.7 Å². The van der Waals surface area contributed by atoms with Gasteiger partial charge in [-0.1, -0.05) is 42.5 Å². The molecule has 0 bridgehead atoms. The number of rotatable bonds is 4. The molecule has 0 saturated heterocycles. The van der Waals surface area contributed by atoms with E-state index in [4.69, 9.17) is 4.55 Å². The van der Waals surface area contributed by atoms with E-state index in [1.807, 2.05) is 0 Å². The van der Waals surface area contributed by atoms with Crippen LogP contribution in [0.1, 0.15) is 17.3 Å². The Labute approximate surface area is 140 Å². The molecule has 0 saturated carbocycles. The van der Waals surface area contributed by atoms with Gasteiger partial charge in [0.2, 0.25) is 0 Å². The van der Waals surface area contributed by atoms with Crippen LogP contribution in [0.2, 0.25) is 0 Å². The molecule has 20 heavy (non-hydrogen) atoms. The zero-order valence-corrected chi connectivity index (χ0v) is 13.5. The maximum absolute atomic E-state index is 12.2. The van der Waals surface area contributed by atoms with Gasteiger partial charge in [0.15, 0.2) is 11.5 Å². The Bertz CT molecular complexity index is 704. The average Bonchev–Trinajstić information content (AvgIpc) is 2.38. The van der Waals surface area contributed by atoms with Gasteiger partial charge in [0, 0.05) is 5.56 Å². The summed E-state index contributed by atoms with van der Waals surface area (Å²) in [5.74, 6) is -0.598. The van der Waals surface area contributed by atoms with Crippen LogP contribution in [0, 0.1) is 0 Å². The van der Waals surface area contributed by atoms with Gasteiger partial charge in [0.25, 0.3) is 0 Å². The molecule has 0 radical (unpaired) electrons. The van der Waals surface area contributed by atoms with Gasteiger partial charge in [-0.05, 0) is 12.1 Å². The third-order valence-electron chi connectivity index (χ3n) is 2.36. The van der Waals surface area contributed by atoms with Crippen molar-refractivity contribution in [1.82, 2.24) is 0 Å². The minimum atomic E-state index is -4.67. The van der Waals surface area contributed by atoms with Crippen molar-refractivity contribution < 1.29 is 52.9 Å². The molecule has 0 fully saturated rings. The SMILES string of the molecule is O=C(c1ccccc1)c1ccccc1OS(=O)(=O)O.[H-].[Na+]. The smallest absolute Gasteiger partial charge is 1.00 e. The molecule has 0 unspecified atom stereocenters. The van der Waals surface area contributed by atoms with Crippen molar-refractivity contribution in [2.24, 2.45) is 0 Å². The third-order valence-corrected chi connectivity index (χ3v) is 2.75. The van der Waals surface area contributed by atoms with E-state index in [0.29, 0.717) is 5.56 Å². The molecule has 0 atom stereocenters. The molecule has 0 heterocycles. The summed E-state index contributed by atoms with van der Waals surface area (Å²) in [7, 11) is -4.67. The van der Waals surface area contributed by atoms with Gasteiger partial charge in [-0.2, -0.15) is 8.42 Å². The van der Waals surface area contributed by atoms with Crippen LogP contribution in [0.25, 0.3) is 0 Å². The van der Waals surface area contributed by atoms with Crippen LogP contribution in [0.5, 0.6) is 5.75 Å². The molecular formula is C13H11NaO5S. The molecule has 0 amide bonds. The number of benzene rings is 2. The molecule has 2 rings (SSSR count). The Morgan fingerprint density at radius 2 is 1.55 bits per heavy atom. The van der Waals surface area contributed by atoms with E-state index in [9.17, 15) is 13.2 Å². The van der Waals surface area contributed by atoms with Crippen molar-refractivity contribution in [3.8, 4) is 5.75 Å². The predicted molar refractivity (Wildman–Crippen MR) is 69.6 cm³/mol. The van der Waals surface area contributed by atoms with Crippen LogP contribution in [0.3, 0.4) is 0 Å². The first-order valence-corrected chi connectivity index (χ1v) is 6.69. The van der Waals surface area contributed by atoms with E-state index in [-0.39, 0.29) is 48.1 Å². The largest absolute Gasteiger partial charge is 1.00 e. The summed E-state index contributed by atoms with van der Waals surface area (Å²) in [6.45, 7) is 0. The van der Waals surface area contributed by atoms with E-state index < -0.39 is 10.4 Å². The molecule has 0 aliphatic heterocycles. The molecule has 100 valence electrons. The first-order valence-electron chi connectivity index (χ1n) is 5.33. The standard InChI is InChI=1S/C13H10O5S.Na.H/c14-13(10-6-2-1-3-7-10)11-8-4-5-9-12(11)18-19(15,16)17;;/h1-9H,(H,15,16,17);;/q;+1;-1. The predicted octanol–water partition coefficient (Wildman–Crippen LogP) is -0.784. The quantitative estimate of drug-likeness (QED) is 0.455. The van der Waals surface area contributed by atoms with Crippen LogP contribution in [-0.2, 0) is 10.4 Å². The van der Waals surface area contributed by atoms with Crippen LogP contribution >= 0.6 is 0 Å². The second-order valence-corrected chi connectivity index (χ2v) is 4.72. The minimum Gasteiger partial charge on any atom is -1.00 e. The van der Waals surface area contributed by atoms with Gasteiger partial charge in [-0.3, -0.25) is 9.35 Å². The Morgan fingerprint density at radius 1 is 1.00 bits per heavy atom. The van der Waals surface area contributed by atoms with Gasteiger partial charge < -0.3 is 5.61 Å². The van der Waals surface area contributed by atoms with E-state index in [2.05, 4.69) is 4.18 Å². The van der Waals surface area contributed by atoms with Crippen LogP contribution in [-0.4, -0.2) is 18.8 Å². The second-order valence-electron chi connectivity index (χ2n) is 3.70. The molecule has 0 aliphatic rings. The molecule has 2 aromatic carbocycles. The maximum Gasteiger partial charge on any atom is 1.00 e. The van der Waals surface area contributed by atoms with Crippen molar-refractivity contribution >= 4 is 16.2 Å². The van der Waals surface area contributed by atoms with Gasteiger partial charge in [-0.15, -0.1) is 0 Å². The van der Waals surface area contributed by atoms with Gasteiger partial charge in [0.1, 0.15) is 0 Å². The Hall–Kier alpha value is -1.18. The summed E-state index contributed by atoms with van der Waals surface area (Å²) in [6.07, 6.45) is 0. The van der Waals surface area contributed by atoms with Gasteiger partial charge in [-0.25, -0.2) is 0 Å². The molecule has 5 nitrogen and oxygen atoms in total. The first-order chi connectivity index (χ1) is 8.97. The third kappa shape index (κ3) is 4.43. The number of carbonyl (C=O) groups excluding carboxylic acids is 1. The van der Waals surface area contributed by atoms with Gasteiger partial charge >= 0.3 is 40.0 Å². The maximum atomic E-state index is 12.2. The number of hydrogen-bond acceptors (Lipinski definition) is 4. The molecule has 7 heteroatoms. The zero-order valence-electron chi connectivity index (χ0n) is 11.7. The molecule has 2 aromatic rings. The fraction of sp³-hybridized carbons (Fsp3) is 0. The average molecular weight is 302 g/mol. The summed E-state index contributed by atoms with van der Waals surface area (Å²) in [4.78, 5) is 12.2. The van der Waals surface area contributed by atoms with Crippen molar-refractivity contribution in [1.29, 1.82) is 0 Å². The number of para-hydroxylation sites is 1. The molecule has 0 spiro atoms. The van der Waals surface area contributed by atoms with E-state index in [1.54, 1.807) is 36.4 Å². The Morgan fingerprint density at radius 3 is 2.15 bits per heavy atom. The molecule has 0 aliphatic carbocycles. The Balaban J connectivity index is 0.00000200. The Kier molecular flexibility index (Phi) is 5.91. The van der Waals surface area contributed by atoms with Crippen LogP contribution in [0.4, 0.5) is 0 Å². The van der Waals surface area contributed by atoms with Gasteiger partial charge in [0.05, 0.1) is 5.56 Å². The van der Waals surface area contributed by atoms with Crippen LogP contribution < -0.4 is 33.7 Å². The van der Waals surface area contributed by atoms with Crippen molar-refractivity contribution in [2.45, 2.75) is 0 Å². The summed E-state index contributed by atoms with van der Waals surface area (Å²) >= 11 is 0. The van der Waals surface area contributed by atoms with E-state index >= 15 is 0 Å². The monoisotopic (exact) mass is 302 g/mol. The van der Waals surface area contributed by atoms with E-state index in [0.717, 1.165) is 0 Å². The molecular weight excluding hydrogens is 291 g/mol. The number of hydrogen-bond donors (Lipinski definition) is 1. The number of ketones is 1. The fourth-order valence-corrected chi connectivity index (χ4v) is 1.96. The molecule has 1 N–H and O–H groups in total. The normalized spacial score (nSPS) is 10.4. The summed E-state index contributed by atoms with van der Waals surface area (Å²) in [5, 5.41) is 0. The fourth-order valence-electron chi connectivity index (χ4n) is 1.59. The second kappa shape index (κ2) is 7.01. The summed E-state index contributed by atoms with van der Waals surface area (Å²) in [5.41, 5.74) is 0.459. The van der Waals surface area contributed by atoms with Crippen molar-refractivity contribution in [2.75, 3.05) is 0 Å².